The van der Waals surface area contributed by atoms with E-state index in [0.717, 1.165) is 29.3 Å². The second-order valence-electron chi connectivity index (χ2n) is 10.5. The topological polar surface area (TPSA) is 77.8 Å². The Labute approximate surface area is 193 Å². The molecule has 0 bridgehead atoms. The summed E-state index contributed by atoms with van der Waals surface area (Å²) in [5.41, 5.74) is 0.303. The van der Waals surface area contributed by atoms with Crippen LogP contribution >= 0.6 is 0 Å². The van der Waals surface area contributed by atoms with Crippen LogP contribution in [0.1, 0.15) is 53.5 Å². The van der Waals surface area contributed by atoms with Gasteiger partial charge in [0.25, 0.3) is 0 Å². The summed E-state index contributed by atoms with van der Waals surface area (Å²) < 4.78 is 34.2. The maximum atomic E-state index is 13.3. The standard InChI is InChI=1S/C24H31BFN3O4/c1-22(2)23(3,4)33-25(32-22)15-10-18-21(29(14-28-18)17-7-8-17)19(11-15)31-13-24(5,30)20-9-6-16(26)12-27-20/h6,9-12,14,17,20,27,30H,7-8,13H2,1-5H3. The smallest absolute Gasteiger partial charge is 0.488 e. The van der Waals surface area contributed by atoms with Crippen LogP contribution in [-0.2, 0) is 9.31 Å². The summed E-state index contributed by atoms with van der Waals surface area (Å²) in [7, 11) is -0.551. The summed E-state index contributed by atoms with van der Waals surface area (Å²) in [4.78, 5) is 4.62. The SMILES string of the molecule is CC(O)(COc1cc(B2OC(C)(C)C(C)(C)O2)cc2ncn(C3CC3)c12)C1C=CC(F)=CN1. The van der Waals surface area contributed by atoms with Gasteiger partial charge in [-0.25, -0.2) is 9.37 Å². The highest BCUT2D eigenvalue weighted by molar-refractivity contribution is 6.62. The van der Waals surface area contributed by atoms with Crippen LogP contribution in [0.25, 0.3) is 11.0 Å². The fourth-order valence-electron chi connectivity index (χ4n) is 4.17. The Balaban J connectivity index is 1.46. The highest BCUT2D eigenvalue weighted by Gasteiger charge is 2.52. The minimum Gasteiger partial charge on any atom is -0.488 e. The van der Waals surface area contributed by atoms with E-state index < -0.39 is 30.0 Å². The molecule has 2 aromatic rings. The maximum absolute atomic E-state index is 13.3. The van der Waals surface area contributed by atoms with Crippen LogP contribution in [0.3, 0.4) is 0 Å². The molecule has 1 saturated heterocycles. The van der Waals surface area contributed by atoms with Gasteiger partial charge in [-0.3, -0.25) is 0 Å². The monoisotopic (exact) mass is 455 g/mol. The normalized spacial score (nSPS) is 25.6. The molecule has 2 aliphatic heterocycles. The Kier molecular flexibility index (Phi) is 5.15. The van der Waals surface area contributed by atoms with E-state index in [1.807, 2.05) is 46.2 Å². The summed E-state index contributed by atoms with van der Waals surface area (Å²) in [6.45, 7) is 9.74. The van der Waals surface area contributed by atoms with E-state index in [2.05, 4.69) is 14.9 Å². The van der Waals surface area contributed by atoms with Crippen molar-refractivity contribution in [2.24, 2.45) is 0 Å². The van der Waals surface area contributed by atoms with Crippen LogP contribution < -0.4 is 15.5 Å². The molecule has 1 aromatic heterocycles. The van der Waals surface area contributed by atoms with Crippen molar-refractivity contribution in [1.29, 1.82) is 0 Å². The van der Waals surface area contributed by atoms with Gasteiger partial charge in [-0.05, 0) is 71.1 Å². The molecule has 9 heteroatoms. The van der Waals surface area contributed by atoms with Gasteiger partial charge in [-0.1, -0.05) is 6.08 Å². The lowest BCUT2D eigenvalue weighted by Gasteiger charge is -2.32. The number of aromatic nitrogens is 2. The number of benzene rings is 1. The molecule has 2 N–H and O–H groups in total. The summed E-state index contributed by atoms with van der Waals surface area (Å²) in [5, 5.41) is 13.9. The zero-order valence-electron chi connectivity index (χ0n) is 19.8. The predicted octanol–water partition coefficient (Wildman–Crippen LogP) is 3.14. The Hall–Kier alpha value is -2.36. The van der Waals surface area contributed by atoms with Gasteiger partial charge in [-0.2, -0.15) is 0 Å². The molecule has 0 radical (unpaired) electrons. The number of imidazole rings is 1. The lowest BCUT2D eigenvalue weighted by Crippen LogP contribution is -2.50. The van der Waals surface area contributed by atoms with Gasteiger partial charge in [0.05, 0.1) is 29.1 Å². The lowest BCUT2D eigenvalue weighted by molar-refractivity contribution is -0.00491. The summed E-state index contributed by atoms with van der Waals surface area (Å²) in [5.74, 6) is 0.233. The Morgan fingerprint density at radius 1 is 1.27 bits per heavy atom. The van der Waals surface area contributed by atoms with Gasteiger partial charge in [0.15, 0.2) is 0 Å². The number of fused-ring (bicyclic) bond motifs is 1. The van der Waals surface area contributed by atoms with E-state index in [9.17, 15) is 9.50 Å². The number of hydrogen-bond acceptors (Lipinski definition) is 6. The summed E-state index contributed by atoms with van der Waals surface area (Å²) in [6.07, 6.45) is 8.25. The summed E-state index contributed by atoms with van der Waals surface area (Å²) in [6, 6.07) is 3.84. The van der Waals surface area contributed by atoms with E-state index in [1.165, 1.54) is 12.3 Å². The maximum Gasteiger partial charge on any atom is 0.495 e. The second-order valence-corrected chi connectivity index (χ2v) is 10.5. The number of allylic oxidation sites excluding steroid dienone is 2. The van der Waals surface area contributed by atoms with Crippen molar-refractivity contribution in [1.82, 2.24) is 14.9 Å². The first-order valence-corrected chi connectivity index (χ1v) is 11.5. The molecule has 1 aliphatic carbocycles. The third-order valence-corrected chi connectivity index (χ3v) is 7.16. The van der Waals surface area contributed by atoms with E-state index in [-0.39, 0.29) is 12.4 Å². The van der Waals surface area contributed by atoms with Crippen molar-refractivity contribution < 1.29 is 23.5 Å². The first kappa shape index (κ1) is 22.4. The quantitative estimate of drug-likeness (QED) is 0.652. The van der Waals surface area contributed by atoms with Gasteiger partial charge in [-0.15, -0.1) is 0 Å². The van der Waals surface area contributed by atoms with Gasteiger partial charge in [0.1, 0.15) is 29.3 Å². The van der Waals surface area contributed by atoms with Crippen LogP contribution in [-0.4, -0.2) is 51.2 Å². The number of dihydropyridines is 1. The highest BCUT2D eigenvalue weighted by Crippen LogP contribution is 2.41. The van der Waals surface area contributed by atoms with Crippen molar-refractivity contribution in [2.45, 2.75) is 76.3 Å². The highest BCUT2D eigenvalue weighted by atomic mass is 19.1. The first-order valence-electron chi connectivity index (χ1n) is 11.5. The van der Waals surface area contributed by atoms with Crippen molar-refractivity contribution in [3.8, 4) is 5.75 Å². The van der Waals surface area contributed by atoms with Crippen molar-refractivity contribution in [2.75, 3.05) is 6.61 Å². The molecular weight excluding hydrogens is 424 g/mol. The Morgan fingerprint density at radius 3 is 2.58 bits per heavy atom. The molecule has 2 fully saturated rings. The number of rotatable bonds is 6. The van der Waals surface area contributed by atoms with Gasteiger partial charge in [0, 0.05) is 12.2 Å². The van der Waals surface area contributed by atoms with Crippen molar-refractivity contribution in [3.05, 3.63) is 42.6 Å². The van der Waals surface area contributed by atoms with E-state index >= 15 is 0 Å². The lowest BCUT2D eigenvalue weighted by atomic mass is 9.78. The van der Waals surface area contributed by atoms with Crippen LogP contribution in [0.4, 0.5) is 4.39 Å². The number of aliphatic hydroxyl groups is 1. The largest absolute Gasteiger partial charge is 0.495 e. The molecule has 1 aromatic carbocycles. The molecule has 3 heterocycles. The van der Waals surface area contributed by atoms with Crippen molar-refractivity contribution >= 4 is 23.6 Å². The number of nitrogens with one attached hydrogen (secondary N) is 1. The van der Waals surface area contributed by atoms with Gasteiger partial charge >= 0.3 is 7.12 Å². The first-order chi connectivity index (χ1) is 15.5. The number of halogens is 1. The van der Waals surface area contributed by atoms with Crippen molar-refractivity contribution in [3.63, 3.8) is 0 Å². The minimum atomic E-state index is -1.27. The van der Waals surface area contributed by atoms with Crippen LogP contribution in [0, 0.1) is 0 Å². The Bertz CT molecular complexity index is 1120. The molecule has 0 amide bonds. The van der Waals surface area contributed by atoms with E-state index in [4.69, 9.17) is 14.0 Å². The fraction of sp³-hybridized carbons (Fsp3) is 0.542. The summed E-state index contributed by atoms with van der Waals surface area (Å²) >= 11 is 0. The fourth-order valence-corrected chi connectivity index (χ4v) is 4.17. The molecule has 176 valence electrons. The average molecular weight is 455 g/mol. The predicted molar refractivity (Wildman–Crippen MR) is 125 cm³/mol. The Morgan fingerprint density at radius 2 is 1.97 bits per heavy atom. The van der Waals surface area contributed by atoms with Gasteiger partial charge in [0.2, 0.25) is 0 Å². The molecule has 7 nitrogen and oxygen atoms in total. The molecule has 3 aliphatic rings. The third-order valence-electron chi connectivity index (χ3n) is 7.16. The molecule has 5 rings (SSSR count). The number of nitrogens with zero attached hydrogens (tertiary/aromatic N) is 2. The molecule has 33 heavy (non-hydrogen) atoms. The van der Waals surface area contributed by atoms with Crippen LogP contribution in [0.15, 0.2) is 42.6 Å². The van der Waals surface area contributed by atoms with E-state index in [1.54, 1.807) is 13.0 Å². The second kappa shape index (κ2) is 7.58. The molecular formula is C24H31BFN3O4. The minimum absolute atomic E-state index is 0.00222. The van der Waals surface area contributed by atoms with Gasteiger partial charge < -0.3 is 29.0 Å². The number of ether oxygens (including phenoxy) is 1. The average Bonchev–Trinajstić information content (AvgIpc) is 3.45. The zero-order valence-corrected chi connectivity index (χ0v) is 19.8. The zero-order chi connectivity index (χ0) is 23.6. The molecule has 2 atom stereocenters. The molecule has 0 spiro atoms. The third kappa shape index (κ3) is 4.07. The molecule has 2 unspecified atom stereocenters. The van der Waals surface area contributed by atoms with Crippen LogP contribution in [0.5, 0.6) is 5.75 Å². The van der Waals surface area contributed by atoms with E-state index in [0.29, 0.717) is 11.8 Å². The molecule has 1 saturated carbocycles. The van der Waals surface area contributed by atoms with Crippen LogP contribution in [0.2, 0.25) is 0 Å². The number of hydrogen-bond donors (Lipinski definition) is 2.